The summed E-state index contributed by atoms with van der Waals surface area (Å²) in [4.78, 5) is 139. The molecule has 0 radical (unpaired) electrons. The Morgan fingerprint density at radius 3 is 1.79 bits per heavy atom. The second-order valence-corrected chi connectivity index (χ2v) is 15.6. The van der Waals surface area contributed by atoms with Crippen molar-refractivity contribution in [3.05, 3.63) is 12.3 Å². The van der Waals surface area contributed by atoms with Crippen LogP contribution in [0, 0.1) is 0 Å². The fourth-order valence-corrected chi connectivity index (χ4v) is 7.18. The fourth-order valence-electron chi connectivity index (χ4n) is 5.93. The first-order valence-electron chi connectivity index (χ1n) is 19.7. The molecule has 4 unspecified atom stereocenters. The van der Waals surface area contributed by atoms with Crippen molar-refractivity contribution in [3.8, 4) is 0 Å². The number of carbonyl (C=O) groups is 11. The van der Waals surface area contributed by atoms with Crippen LogP contribution < -0.4 is 37.2 Å². The fraction of sp³-hybridized carbons (Fsp3) is 0.649. The van der Waals surface area contributed by atoms with E-state index in [0.717, 1.165) is 9.80 Å². The summed E-state index contributed by atoms with van der Waals surface area (Å²) in [6.07, 6.45) is 1.82. The summed E-state index contributed by atoms with van der Waals surface area (Å²) in [7, 11) is 0. The number of imide groups is 2. The molecule has 7 N–H and O–H groups in total. The van der Waals surface area contributed by atoms with Crippen molar-refractivity contribution >= 4 is 88.9 Å². The topological polar surface area (TPSA) is 297 Å². The Labute approximate surface area is 362 Å². The third-order valence-electron chi connectivity index (χ3n) is 9.03. The molecule has 0 aliphatic carbocycles. The molecule has 61 heavy (non-hydrogen) atoms. The van der Waals surface area contributed by atoms with Gasteiger partial charge in [0.2, 0.25) is 47.3 Å². The zero-order valence-corrected chi connectivity index (χ0v) is 36.5. The monoisotopic (exact) mass is 899 g/mol. The number of likely N-dealkylation sites (tertiary alicyclic amines) is 2. The molecule has 22 nitrogen and oxygen atoms in total. The number of hydrogen-bond donors (Lipinski definition) is 7. The van der Waals surface area contributed by atoms with Crippen LogP contribution >= 0.6 is 23.5 Å². The third-order valence-corrected chi connectivity index (χ3v) is 10.9. The predicted molar refractivity (Wildman–Crippen MR) is 222 cm³/mol. The van der Waals surface area contributed by atoms with E-state index in [1.807, 2.05) is 0 Å². The molecule has 4 atom stereocenters. The highest BCUT2D eigenvalue weighted by Gasteiger charge is 2.41. The van der Waals surface area contributed by atoms with Crippen LogP contribution in [0.25, 0.3) is 0 Å². The average Bonchev–Trinajstić information content (AvgIpc) is 3.66. The van der Waals surface area contributed by atoms with Crippen molar-refractivity contribution in [1.29, 1.82) is 0 Å². The van der Waals surface area contributed by atoms with Crippen molar-refractivity contribution in [2.45, 2.75) is 87.8 Å². The van der Waals surface area contributed by atoms with E-state index in [9.17, 15) is 52.7 Å². The van der Waals surface area contributed by atoms with Crippen LogP contribution in [0.15, 0.2) is 12.3 Å². The first-order valence-corrected chi connectivity index (χ1v) is 22.3. The number of nitrogens with one attached hydrogen (secondary N) is 7. The van der Waals surface area contributed by atoms with Gasteiger partial charge in [-0.15, -0.1) is 0 Å². The molecule has 2 fully saturated rings. The molecule has 0 bridgehead atoms. The first kappa shape index (κ1) is 51.8. The smallest absolute Gasteiger partial charge is 0.407 e. The lowest BCUT2D eigenvalue weighted by Crippen LogP contribution is -2.51. The van der Waals surface area contributed by atoms with Gasteiger partial charge in [-0.3, -0.25) is 48.1 Å². The second-order valence-electron chi connectivity index (χ2n) is 13.5. The normalized spacial score (nSPS) is 16.9. The molecule has 0 aromatic heterocycles. The summed E-state index contributed by atoms with van der Waals surface area (Å²) in [6, 6.07) is -2.28. The van der Waals surface area contributed by atoms with E-state index < -0.39 is 89.0 Å². The number of rotatable bonds is 27. The van der Waals surface area contributed by atoms with Crippen LogP contribution in [0.5, 0.6) is 0 Å². The lowest BCUT2D eigenvalue weighted by atomic mass is 10.1. The Hall–Kier alpha value is -5.39. The van der Waals surface area contributed by atoms with E-state index in [0.29, 0.717) is 12.8 Å². The Bertz CT molecular complexity index is 1650. The minimum absolute atomic E-state index is 0.00958. The Morgan fingerprint density at radius 2 is 1.23 bits per heavy atom. The van der Waals surface area contributed by atoms with E-state index in [4.69, 9.17) is 9.47 Å². The highest BCUT2D eigenvalue weighted by atomic mass is 32.2. The van der Waals surface area contributed by atoms with Crippen molar-refractivity contribution in [1.82, 2.24) is 47.0 Å². The van der Waals surface area contributed by atoms with E-state index in [2.05, 4.69) is 43.8 Å². The minimum atomic E-state index is -1.16. The van der Waals surface area contributed by atoms with Gasteiger partial charge < -0.3 is 46.7 Å². The zero-order chi connectivity index (χ0) is 45.5. The first-order chi connectivity index (χ1) is 29.1. The molecule has 0 saturated carbocycles. The largest absolute Gasteiger partial charge is 0.450 e. The average molecular weight is 900 g/mol. The van der Waals surface area contributed by atoms with Crippen LogP contribution in [-0.4, -0.2) is 163 Å². The van der Waals surface area contributed by atoms with Gasteiger partial charge in [-0.1, -0.05) is 6.58 Å². The van der Waals surface area contributed by atoms with Crippen LogP contribution in [0.1, 0.15) is 65.2 Å². The third kappa shape index (κ3) is 18.0. The molecule has 2 rings (SSSR count). The number of nitrogens with zero attached hydrogens (tertiary/aromatic N) is 2. The Morgan fingerprint density at radius 1 is 0.689 bits per heavy atom. The molecule has 2 aliphatic heterocycles. The number of alkyl carbamates (subject to hydrolysis) is 2. The predicted octanol–water partition coefficient (Wildman–Crippen LogP) is -1.37. The van der Waals surface area contributed by atoms with Crippen LogP contribution in [0.3, 0.4) is 0 Å². The summed E-state index contributed by atoms with van der Waals surface area (Å²) in [5.74, 6) is -5.02. The van der Waals surface area contributed by atoms with Crippen molar-refractivity contribution in [2.24, 2.45) is 0 Å². The van der Waals surface area contributed by atoms with Crippen molar-refractivity contribution in [3.63, 3.8) is 0 Å². The summed E-state index contributed by atoms with van der Waals surface area (Å²) in [6.45, 7) is 6.85. The van der Waals surface area contributed by atoms with Crippen LogP contribution in [0.2, 0.25) is 0 Å². The highest BCUT2D eigenvalue weighted by molar-refractivity contribution is 8.00. The molecule has 2 aliphatic rings. The summed E-state index contributed by atoms with van der Waals surface area (Å²) in [5.41, 5.74) is -0.355. The van der Waals surface area contributed by atoms with Crippen LogP contribution in [0.4, 0.5) is 9.59 Å². The molecule has 0 aromatic rings. The van der Waals surface area contributed by atoms with Gasteiger partial charge in [0.25, 0.3) is 5.91 Å². The van der Waals surface area contributed by atoms with Crippen molar-refractivity contribution in [2.75, 3.05) is 65.0 Å². The molecule has 24 heteroatoms. The summed E-state index contributed by atoms with van der Waals surface area (Å²) in [5, 5.41) is 16.8. The van der Waals surface area contributed by atoms with E-state index in [-0.39, 0.29) is 95.7 Å². The second kappa shape index (κ2) is 27.5. The standard InChI is InChI=1S/C37H57N9O13S2/c1-6-58-36(56)42-12-9-8-10-24(44-37(57)59-7-2)33(53)43-23(18-28(48)39-14-13-38-27(47)11-17-45-30(50)20-25(60-4)34(45)54)19-29(49)40-15-16-41-32(52)22(3)46-31(51)21-26(61-5)35(46)55/h23-26H,3,6-21H2,1-2,4-5H3,(H,38,47)(H,39,48)(H,40,49)(H,41,52)(H,42,56)(H,43,53)(H,44,57). The number of thioether (sulfide) groups is 2. The molecule has 11 amide bonds. The van der Waals surface area contributed by atoms with Gasteiger partial charge in [0.05, 0.1) is 23.7 Å². The molecular formula is C37H57N9O13S2. The van der Waals surface area contributed by atoms with Gasteiger partial charge in [0.1, 0.15) is 11.7 Å². The maximum absolute atomic E-state index is 13.5. The molecule has 2 saturated heterocycles. The minimum Gasteiger partial charge on any atom is -0.450 e. The van der Waals surface area contributed by atoms with Gasteiger partial charge >= 0.3 is 12.2 Å². The van der Waals surface area contributed by atoms with Gasteiger partial charge in [0, 0.05) is 77.4 Å². The lowest BCUT2D eigenvalue weighted by Gasteiger charge is -2.23. The molecule has 2 heterocycles. The van der Waals surface area contributed by atoms with E-state index in [1.54, 1.807) is 26.4 Å². The number of unbranched alkanes of at least 4 members (excludes halogenated alkanes) is 1. The number of amides is 11. The van der Waals surface area contributed by atoms with Gasteiger partial charge in [-0.2, -0.15) is 23.5 Å². The zero-order valence-electron chi connectivity index (χ0n) is 34.8. The lowest BCUT2D eigenvalue weighted by molar-refractivity contribution is -0.140. The molecule has 0 spiro atoms. The van der Waals surface area contributed by atoms with Gasteiger partial charge in [0.15, 0.2) is 0 Å². The molecule has 0 aromatic carbocycles. The van der Waals surface area contributed by atoms with E-state index in [1.165, 1.54) is 23.5 Å². The molecule has 340 valence electrons. The Kier molecular flexibility index (Phi) is 23.3. The maximum atomic E-state index is 13.5. The summed E-state index contributed by atoms with van der Waals surface area (Å²) >= 11 is 2.44. The SMILES string of the molecule is C=C(C(=O)NCCNC(=O)CC(CC(=O)NCCNC(=O)CCN1C(=O)CC(SC)C1=O)NC(=O)C(CCCCNC(=O)OCC)NC(=O)OCC)N1C(=O)CC(SC)C1=O. The van der Waals surface area contributed by atoms with Crippen molar-refractivity contribution < 1.29 is 62.2 Å². The number of carbonyl (C=O) groups excluding carboxylic acids is 11. The van der Waals surface area contributed by atoms with Gasteiger partial charge in [-0.05, 0) is 45.6 Å². The van der Waals surface area contributed by atoms with E-state index >= 15 is 0 Å². The Balaban J connectivity index is 2.00. The number of hydrogen-bond acceptors (Lipinski definition) is 15. The van der Waals surface area contributed by atoms with Gasteiger partial charge in [-0.25, -0.2) is 14.5 Å². The van der Waals surface area contributed by atoms with Crippen LogP contribution in [-0.2, 0) is 52.6 Å². The maximum Gasteiger partial charge on any atom is 0.407 e. The summed E-state index contributed by atoms with van der Waals surface area (Å²) < 4.78 is 9.76. The highest BCUT2D eigenvalue weighted by Crippen LogP contribution is 2.26. The quantitative estimate of drug-likeness (QED) is 0.0285. The molecular weight excluding hydrogens is 843 g/mol. The number of ether oxygens (including phenoxy) is 2.